The molecule has 1 saturated heterocycles. The topological polar surface area (TPSA) is 40.6 Å². The van der Waals surface area contributed by atoms with Crippen LogP contribution in [-0.2, 0) is 9.59 Å². The van der Waals surface area contributed by atoms with Gasteiger partial charge in [-0.3, -0.25) is 9.59 Å². The van der Waals surface area contributed by atoms with Crippen molar-refractivity contribution < 1.29 is 9.59 Å². The molecule has 4 heteroatoms. The van der Waals surface area contributed by atoms with E-state index >= 15 is 0 Å². The standard InChI is InChI=1S/C14H26N2O2/c1-3-8-15(9-4-2)13(17)12-14(18)16-10-6-5-7-11-16/h3-12H2,1-2H3. The van der Waals surface area contributed by atoms with Crippen molar-refractivity contribution in [2.45, 2.75) is 52.4 Å². The highest BCUT2D eigenvalue weighted by atomic mass is 16.2. The summed E-state index contributed by atoms with van der Waals surface area (Å²) in [5, 5.41) is 0. The third kappa shape index (κ3) is 4.67. The van der Waals surface area contributed by atoms with Gasteiger partial charge in [-0.15, -0.1) is 0 Å². The van der Waals surface area contributed by atoms with Crippen molar-refractivity contribution >= 4 is 11.8 Å². The third-order valence-corrected chi connectivity index (χ3v) is 3.35. The summed E-state index contributed by atoms with van der Waals surface area (Å²) in [6.45, 7) is 7.30. The average Bonchev–Trinajstić information content (AvgIpc) is 2.39. The molecule has 0 aromatic rings. The van der Waals surface area contributed by atoms with Gasteiger partial charge in [0.25, 0.3) is 0 Å². The zero-order chi connectivity index (χ0) is 13.4. The molecule has 0 aromatic heterocycles. The van der Waals surface area contributed by atoms with Gasteiger partial charge in [0.2, 0.25) is 11.8 Å². The molecular weight excluding hydrogens is 228 g/mol. The molecule has 1 heterocycles. The highest BCUT2D eigenvalue weighted by Crippen LogP contribution is 2.10. The van der Waals surface area contributed by atoms with Crippen molar-refractivity contribution in [3.63, 3.8) is 0 Å². The lowest BCUT2D eigenvalue weighted by Crippen LogP contribution is -2.40. The molecule has 104 valence electrons. The summed E-state index contributed by atoms with van der Waals surface area (Å²) in [7, 11) is 0. The Labute approximate surface area is 110 Å². The van der Waals surface area contributed by atoms with Gasteiger partial charge in [0.05, 0.1) is 0 Å². The summed E-state index contributed by atoms with van der Waals surface area (Å²) in [5.74, 6) is 0.00572. The quantitative estimate of drug-likeness (QED) is 0.681. The monoisotopic (exact) mass is 254 g/mol. The maximum atomic E-state index is 12.1. The molecule has 0 aromatic carbocycles. The molecule has 0 radical (unpaired) electrons. The summed E-state index contributed by atoms with van der Waals surface area (Å²) in [4.78, 5) is 27.7. The predicted octanol–water partition coefficient (Wildman–Crippen LogP) is 2.04. The van der Waals surface area contributed by atoms with Crippen LogP contribution in [-0.4, -0.2) is 47.8 Å². The van der Waals surface area contributed by atoms with Crippen LogP contribution in [0.25, 0.3) is 0 Å². The van der Waals surface area contributed by atoms with Gasteiger partial charge in [0.15, 0.2) is 0 Å². The first-order valence-electron chi connectivity index (χ1n) is 7.24. The molecule has 1 rings (SSSR count). The zero-order valence-corrected chi connectivity index (χ0v) is 11.8. The molecule has 0 unspecified atom stereocenters. The van der Waals surface area contributed by atoms with Crippen LogP contribution in [0.3, 0.4) is 0 Å². The van der Waals surface area contributed by atoms with E-state index in [1.807, 2.05) is 9.80 Å². The molecule has 0 spiro atoms. The van der Waals surface area contributed by atoms with E-state index in [0.29, 0.717) is 0 Å². The van der Waals surface area contributed by atoms with E-state index in [1.165, 1.54) is 6.42 Å². The van der Waals surface area contributed by atoms with Crippen molar-refractivity contribution in [2.24, 2.45) is 0 Å². The van der Waals surface area contributed by atoms with Crippen molar-refractivity contribution in [3.8, 4) is 0 Å². The number of hydrogen-bond acceptors (Lipinski definition) is 2. The Morgan fingerprint density at radius 1 is 1.00 bits per heavy atom. The third-order valence-electron chi connectivity index (χ3n) is 3.35. The minimum atomic E-state index is -0.00530. The lowest BCUT2D eigenvalue weighted by molar-refractivity contribution is -0.141. The van der Waals surface area contributed by atoms with Gasteiger partial charge in [-0.25, -0.2) is 0 Å². The molecular formula is C14H26N2O2. The summed E-state index contributed by atoms with van der Waals surface area (Å²) in [6.07, 6.45) is 5.31. The van der Waals surface area contributed by atoms with E-state index in [9.17, 15) is 9.59 Å². The summed E-state index contributed by atoms with van der Waals surface area (Å²) < 4.78 is 0. The van der Waals surface area contributed by atoms with Crippen LogP contribution in [0.1, 0.15) is 52.4 Å². The van der Waals surface area contributed by atoms with Crippen molar-refractivity contribution in [3.05, 3.63) is 0 Å². The van der Waals surface area contributed by atoms with Crippen LogP contribution >= 0.6 is 0 Å². The Kier molecular flexibility index (Phi) is 6.76. The smallest absolute Gasteiger partial charge is 0.232 e. The largest absolute Gasteiger partial charge is 0.342 e. The fraction of sp³-hybridized carbons (Fsp3) is 0.857. The number of carbonyl (C=O) groups excluding carboxylic acids is 2. The van der Waals surface area contributed by atoms with Gasteiger partial charge in [0, 0.05) is 26.2 Å². The van der Waals surface area contributed by atoms with E-state index in [4.69, 9.17) is 0 Å². The Morgan fingerprint density at radius 3 is 2.06 bits per heavy atom. The summed E-state index contributed by atoms with van der Waals surface area (Å²) in [5.41, 5.74) is 0. The van der Waals surface area contributed by atoms with E-state index in [0.717, 1.165) is 51.9 Å². The van der Waals surface area contributed by atoms with Crippen LogP contribution in [0.2, 0.25) is 0 Å². The number of likely N-dealkylation sites (tertiary alicyclic amines) is 1. The molecule has 1 aliphatic heterocycles. The van der Waals surface area contributed by atoms with Gasteiger partial charge in [-0.05, 0) is 32.1 Å². The minimum absolute atomic E-state index is 0.00530. The molecule has 2 amide bonds. The summed E-state index contributed by atoms with van der Waals surface area (Å²) >= 11 is 0. The second-order valence-corrected chi connectivity index (χ2v) is 5.00. The molecule has 0 N–H and O–H groups in total. The number of nitrogens with zero attached hydrogens (tertiary/aromatic N) is 2. The van der Waals surface area contributed by atoms with Gasteiger partial charge >= 0.3 is 0 Å². The maximum Gasteiger partial charge on any atom is 0.232 e. The SMILES string of the molecule is CCCN(CCC)C(=O)CC(=O)N1CCCCC1. The number of amides is 2. The van der Waals surface area contributed by atoms with Gasteiger partial charge in [-0.1, -0.05) is 13.8 Å². The highest BCUT2D eigenvalue weighted by molar-refractivity contribution is 5.96. The second kappa shape index (κ2) is 8.11. The Bertz CT molecular complexity index is 267. The number of rotatable bonds is 6. The van der Waals surface area contributed by atoms with Gasteiger partial charge in [-0.2, -0.15) is 0 Å². The van der Waals surface area contributed by atoms with Crippen molar-refractivity contribution in [1.29, 1.82) is 0 Å². The Hall–Kier alpha value is -1.06. The van der Waals surface area contributed by atoms with Crippen LogP contribution in [0, 0.1) is 0 Å². The fourth-order valence-corrected chi connectivity index (χ4v) is 2.40. The number of carbonyl (C=O) groups is 2. The highest BCUT2D eigenvalue weighted by Gasteiger charge is 2.21. The molecule has 0 atom stereocenters. The first-order valence-corrected chi connectivity index (χ1v) is 7.24. The van der Waals surface area contributed by atoms with Crippen LogP contribution in [0.4, 0.5) is 0 Å². The molecule has 0 aliphatic carbocycles. The fourth-order valence-electron chi connectivity index (χ4n) is 2.40. The maximum absolute atomic E-state index is 12.1. The second-order valence-electron chi connectivity index (χ2n) is 5.00. The van der Waals surface area contributed by atoms with Crippen LogP contribution in [0.15, 0.2) is 0 Å². The van der Waals surface area contributed by atoms with Crippen LogP contribution in [0.5, 0.6) is 0 Å². The Balaban J connectivity index is 2.42. The lowest BCUT2D eigenvalue weighted by atomic mass is 10.1. The first-order chi connectivity index (χ1) is 8.69. The van der Waals surface area contributed by atoms with E-state index in [2.05, 4.69) is 13.8 Å². The molecule has 1 aliphatic rings. The van der Waals surface area contributed by atoms with Crippen molar-refractivity contribution in [1.82, 2.24) is 9.80 Å². The molecule has 0 bridgehead atoms. The predicted molar refractivity (Wildman–Crippen MR) is 72.2 cm³/mol. The normalized spacial score (nSPS) is 15.6. The molecule has 1 fully saturated rings. The summed E-state index contributed by atoms with van der Waals surface area (Å²) in [6, 6.07) is 0. The van der Waals surface area contributed by atoms with Gasteiger partial charge < -0.3 is 9.80 Å². The van der Waals surface area contributed by atoms with E-state index in [1.54, 1.807) is 0 Å². The molecule has 18 heavy (non-hydrogen) atoms. The average molecular weight is 254 g/mol. The first kappa shape index (κ1) is 15.0. The van der Waals surface area contributed by atoms with E-state index in [-0.39, 0.29) is 18.2 Å². The lowest BCUT2D eigenvalue weighted by Gasteiger charge is -2.28. The van der Waals surface area contributed by atoms with Gasteiger partial charge in [0.1, 0.15) is 6.42 Å². The zero-order valence-electron chi connectivity index (χ0n) is 11.8. The molecule has 0 saturated carbocycles. The van der Waals surface area contributed by atoms with Crippen LogP contribution < -0.4 is 0 Å². The number of hydrogen-bond donors (Lipinski definition) is 0. The van der Waals surface area contributed by atoms with Crippen molar-refractivity contribution in [2.75, 3.05) is 26.2 Å². The molecule has 4 nitrogen and oxygen atoms in total. The van der Waals surface area contributed by atoms with E-state index < -0.39 is 0 Å². The minimum Gasteiger partial charge on any atom is -0.342 e. The number of piperidine rings is 1. The Morgan fingerprint density at radius 2 is 1.56 bits per heavy atom.